The Kier molecular flexibility index (Phi) is 7.02. The second-order valence-electron chi connectivity index (χ2n) is 8.41. The summed E-state index contributed by atoms with van der Waals surface area (Å²) in [5, 5.41) is 8.85. The minimum Gasteiger partial charge on any atom is -0.370 e. The summed E-state index contributed by atoms with van der Waals surface area (Å²) in [6.45, 7) is 1.94. The van der Waals surface area contributed by atoms with E-state index < -0.39 is 0 Å². The van der Waals surface area contributed by atoms with Crippen LogP contribution in [-0.2, 0) is 14.4 Å². The van der Waals surface area contributed by atoms with E-state index in [0.29, 0.717) is 44.6 Å². The Balaban J connectivity index is 1.30. The van der Waals surface area contributed by atoms with Crippen molar-refractivity contribution in [3.8, 4) is 0 Å². The number of primary amides is 1. The molecule has 8 heteroatoms. The summed E-state index contributed by atoms with van der Waals surface area (Å²) in [6.07, 6.45) is 2.30. The van der Waals surface area contributed by atoms with Gasteiger partial charge in [0, 0.05) is 38.3 Å². The number of para-hydroxylation sites is 2. The lowest BCUT2D eigenvalue weighted by Gasteiger charge is -2.33. The standard InChI is InChI=1S/C25H29N5O3/c26-25(33)19-12-15-29(16-13-19)22-9-5-4-8-21(22)27-23(31)10-11-24(32)30-17-14-20(28-30)18-6-2-1-3-7-18/h1-9,19H,10-17H2,(H2,26,33)(H,27,31). The van der Waals surface area contributed by atoms with Crippen LogP contribution in [0.4, 0.5) is 11.4 Å². The van der Waals surface area contributed by atoms with E-state index >= 15 is 0 Å². The summed E-state index contributed by atoms with van der Waals surface area (Å²) >= 11 is 0. The highest BCUT2D eigenvalue weighted by Crippen LogP contribution is 2.30. The van der Waals surface area contributed by atoms with Gasteiger partial charge in [0.1, 0.15) is 0 Å². The van der Waals surface area contributed by atoms with Crippen molar-refractivity contribution in [1.29, 1.82) is 0 Å². The Bertz CT molecular complexity index is 1050. The number of nitrogens with zero attached hydrogens (tertiary/aromatic N) is 3. The molecule has 2 aromatic carbocycles. The average Bonchev–Trinajstić information content (AvgIpc) is 3.34. The van der Waals surface area contributed by atoms with Crippen LogP contribution in [-0.4, -0.2) is 48.1 Å². The van der Waals surface area contributed by atoms with Crippen LogP contribution in [0.15, 0.2) is 59.7 Å². The molecule has 8 nitrogen and oxygen atoms in total. The van der Waals surface area contributed by atoms with E-state index in [1.54, 1.807) is 0 Å². The fourth-order valence-electron chi connectivity index (χ4n) is 4.29. The lowest BCUT2D eigenvalue weighted by Crippen LogP contribution is -2.38. The highest BCUT2D eigenvalue weighted by atomic mass is 16.2. The first kappa shape index (κ1) is 22.5. The van der Waals surface area contributed by atoms with Gasteiger partial charge in [-0.2, -0.15) is 5.10 Å². The molecular weight excluding hydrogens is 418 g/mol. The molecule has 3 N–H and O–H groups in total. The number of rotatable bonds is 7. The predicted molar refractivity (Wildman–Crippen MR) is 128 cm³/mol. The third kappa shape index (κ3) is 5.58. The first-order chi connectivity index (χ1) is 16.0. The van der Waals surface area contributed by atoms with E-state index in [9.17, 15) is 14.4 Å². The van der Waals surface area contributed by atoms with Gasteiger partial charge in [0.05, 0.1) is 23.6 Å². The maximum Gasteiger partial charge on any atom is 0.243 e. The lowest BCUT2D eigenvalue weighted by molar-refractivity contribution is -0.132. The number of hydrazone groups is 1. The first-order valence-electron chi connectivity index (χ1n) is 11.4. The summed E-state index contributed by atoms with van der Waals surface area (Å²) in [7, 11) is 0. The van der Waals surface area contributed by atoms with Crippen LogP contribution >= 0.6 is 0 Å². The Morgan fingerprint density at radius 3 is 2.36 bits per heavy atom. The molecule has 1 fully saturated rings. The van der Waals surface area contributed by atoms with Gasteiger partial charge in [-0.15, -0.1) is 0 Å². The molecule has 0 aromatic heterocycles. The second kappa shape index (κ2) is 10.3. The Labute approximate surface area is 193 Å². The van der Waals surface area contributed by atoms with Crippen molar-refractivity contribution in [2.24, 2.45) is 16.8 Å². The minimum absolute atomic E-state index is 0.0869. The van der Waals surface area contributed by atoms with Gasteiger partial charge in [-0.05, 0) is 30.5 Å². The van der Waals surface area contributed by atoms with Crippen LogP contribution in [0.2, 0.25) is 0 Å². The molecule has 172 valence electrons. The monoisotopic (exact) mass is 447 g/mol. The largest absolute Gasteiger partial charge is 0.370 e. The molecule has 0 atom stereocenters. The predicted octanol–water partition coefficient (Wildman–Crippen LogP) is 2.74. The van der Waals surface area contributed by atoms with Gasteiger partial charge in [0.15, 0.2) is 0 Å². The molecule has 2 aliphatic heterocycles. The number of nitrogens with one attached hydrogen (secondary N) is 1. The smallest absolute Gasteiger partial charge is 0.243 e. The van der Waals surface area contributed by atoms with E-state index in [1.807, 2.05) is 54.6 Å². The minimum atomic E-state index is -0.251. The zero-order valence-electron chi connectivity index (χ0n) is 18.6. The number of carbonyl (C=O) groups is 3. The lowest BCUT2D eigenvalue weighted by atomic mass is 9.96. The number of amides is 3. The van der Waals surface area contributed by atoms with Crippen molar-refractivity contribution in [1.82, 2.24) is 5.01 Å². The fraction of sp³-hybridized carbons (Fsp3) is 0.360. The molecule has 3 amide bonds. The third-order valence-electron chi connectivity index (χ3n) is 6.18. The van der Waals surface area contributed by atoms with Crippen molar-refractivity contribution >= 4 is 34.8 Å². The van der Waals surface area contributed by atoms with E-state index in [1.165, 1.54) is 5.01 Å². The molecule has 2 aliphatic rings. The molecule has 2 heterocycles. The van der Waals surface area contributed by atoms with Gasteiger partial charge in [-0.3, -0.25) is 14.4 Å². The van der Waals surface area contributed by atoms with Gasteiger partial charge in [-0.25, -0.2) is 5.01 Å². The molecule has 0 spiro atoms. The molecular formula is C25H29N5O3. The second-order valence-corrected chi connectivity index (χ2v) is 8.41. The van der Waals surface area contributed by atoms with Crippen molar-refractivity contribution in [2.75, 3.05) is 29.9 Å². The molecule has 2 aromatic rings. The van der Waals surface area contributed by atoms with Crippen LogP contribution in [0.5, 0.6) is 0 Å². The number of anilines is 2. The number of carbonyl (C=O) groups excluding carboxylic acids is 3. The van der Waals surface area contributed by atoms with E-state index in [0.717, 1.165) is 17.0 Å². The maximum absolute atomic E-state index is 12.6. The SMILES string of the molecule is NC(=O)C1CCN(c2ccccc2NC(=O)CCC(=O)N2CCC(c3ccccc3)=N2)CC1. The molecule has 0 aliphatic carbocycles. The summed E-state index contributed by atoms with van der Waals surface area (Å²) in [5.74, 6) is -0.712. The molecule has 33 heavy (non-hydrogen) atoms. The zero-order valence-corrected chi connectivity index (χ0v) is 18.6. The number of hydrogen-bond acceptors (Lipinski definition) is 5. The van der Waals surface area contributed by atoms with E-state index in [2.05, 4.69) is 15.3 Å². The van der Waals surface area contributed by atoms with Crippen molar-refractivity contribution in [2.45, 2.75) is 32.1 Å². The van der Waals surface area contributed by atoms with Crippen LogP contribution in [0.3, 0.4) is 0 Å². The summed E-state index contributed by atoms with van der Waals surface area (Å²) in [5.41, 5.74) is 8.96. The van der Waals surface area contributed by atoms with Gasteiger partial charge >= 0.3 is 0 Å². The Morgan fingerprint density at radius 1 is 0.939 bits per heavy atom. The fourth-order valence-corrected chi connectivity index (χ4v) is 4.29. The van der Waals surface area contributed by atoms with E-state index in [4.69, 9.17) is 5.73 Å². The highest BCUT2D eigenvalue weighted by Gasteiger charge is 2.25. The van der Waals surface area contributed by atoms with Crippen LogP contribution in [0, 0.1) is 5.92 Å². The average molecular weight is 448 g/mol. The summed E-state index contributed by atoms with van der Waals surface area (Å²) < 4.78 is 0. The zero-order chi connectivity index (χ0) is 23.2. The number of piperidine rings is 1. The van der Waals surface area contributed by atoms with Gasteiger partial charge in [0.2, 0.25) is 17.7 Å². The number of benzene rings is 2. The van der Waals surface area contributed by atoms with Crippen molar-refractivity contribution in [3.63, 3.8) is 0 Å². The van der Waals surface area contributed by atoms with Crippen LogP contribution < -0.4 is 16.0 Å². The Morgan fingerprint density at radius 2 is 1.64 bits per heavy atom. The van der Waals surface area contributed by atoms with Gasteiger partial charge in [-0.1, -0.05) is 42.5 Å². The normalized spacial score (nSPS) is 16.4. The topological polar surface area (TPSA) is 108 Å². The third-order valence-corrected chi connectivity index (χ3v) is 6.18. The molecule has 0 unspecified atom stereocenters. The molecule has 0 saturated carbocycles. The Hall–Kier alpha value is -3.68. The molecule has 0 radical (unpaired) electrons. The maximum atomic E-state index is 12.6. The summed E-state index contributed by atoms with van der Waals surface area (Å²) in [4.78, 5) is 38.8. The highest BCUT2D eigenvalue weighted by molar-refractivity contribution is 6.03. The van der Waals surface area contributed by atoms with Crippen molar-refractivity contribution < 1.29 is 14.4 Å². The van der Waals surface area contributed by atoms with Gasteiger partial charge < -0.3 is 16.0 Å². The molecule has 0 bridgehead atoms. The van der Waals surface area contributed by atoms with Gasteiger partial charge in [0.25, 0.3) is 0 Å². The first-order valence-corrected chi connectivity index (χ1v) is 11.4. The number of hydrogen-bond donors (Lipinski definition) is 2. The van der Waals surface area contributed by atoms with Crippen LogP contribution in [0.1, 0.15) is 37.7 Å². The molecule has 4 rings (SSSR count). The number of nitrogens with two attached hydrogens (primary N) is 1. The quantitative estimate of drug-likeness (QED) is 0.680. The molecule has 1 saturated heterocycles. The van der Waals surface area contributed by atoms with Crippen LogP contribution in [0.25, 0.3) is 0 Å². The summed E-state index contributed by atoms with van der Waals surface area (Å²) in [6, 6.07) is 17.4. The van der Waals surface area contributed by atoms with Crippen molar-refractivity contribution in [3.05, 3.63) is 60.2 Å². The van der Waals surface area contributed by atoms with E-state index in [-0.39, 0.29) is 36.5 Å².